The Hall–Kier alpha value is -0.780. The summed E-state index contributed by atoms with van der Waals surface area (Å²) in [5.74, 6) is 2.66. The first-order valence-electron chi connectivity index (χ1n) is 5.53. The summed E-state index contributed by atoms with van der Waals surface area (Å²) >= 11 is 1.90. The minimum Gasteiger partial charge on any atom is -0.309 e. The van der Waals surface area contributed by atoms with Crippen molar-refractivity contribution in [2.24, 2.45) is 0 Å². The molecule has 0 aliphatic heterocycles. The second-order valence-electron chi connectivity index (χ2n) is 3.64. The van der Waals surface area contributed by atoms with Crippen LogP contribution in [-0.2, 0) is 6.42 Å². The number of nitrogens with one attached hydrogen (secondary N) is 1. The first kappa shape index (κ1) is 12.3. The van der Waals surface area contributed by atoms with Gasteiger partial charge >= 0.3 is 0 Å². The fourth-order valence-corrected chi connectivity index (χ4v) is 2.41. The van der Waals surface area contributed by atoms with Crippen LogP contribution in [0.15, 0.2) is 12.1 Å². The zero-order valence-electron chi connectivity index (χ0n) is 9.55. The van der Waals surface area contributed by atoms with Gasteiger partial charge in [0.15, 0.2) is 0 Å². The molecule has 1 heterocycles. The molecule has 1 N–H and O–H groups in total. The van der Waals surface area contributed by atoms with Crippen molar-refractivity contribution in [1.82, 2.24) is 5.32 Å². The first-order valence-corrected chi connectivity index (χ1v) is 6.35. The van der Waals surface area contributed by atoms with E-state index in [1.807, 2.05) is 11.3 Å². The Bertz CT molecular complexity index is 322. The Morgan fingerprint density at radius 1 is 1.53 bits per heavy atom. The fourth-order valence-electron chi connectivity index (χ4n) is 1.43. The van der Waals surface area contributed by atoms with E-state index in [1.54, 1.807) is 0 Å². The molecule has 1 aromatic rings. The predicted octanol–water partition coefficient (Wildman–Crippen LogP) is 3.37. The van der Waals surface area contributed by atoms with E-state index in [4.69, 9.17) is 6.42 Å². The van der Waals surface area contributed by atoms with E-state index in [1.165, 1.54) is 9.75 Å². The van der Waals surface area contributed by atoms with Gasteiger partial charge < -0.3 is 5.32 Å². The number of aryl methyl sites for hydroxylation is 1. The minimum absolute atomic E-state index is 0.452. The molecule has 1 atom stereocenters. The van der Waals surface area contributed by atoms with Crippen LogP contribution in [0.2, 0.25) is 0 Å². The van der Waals surface area contributed by atoms with Crippen LogP contribution < -0.4 is 5.32 Å². The van der Waals surface area contributed by atoms with Crippen LogP contribution in [0.4, 0.5) is 0 Å². The van der Waals surface area contributed by atoms with Gasteiger partial charge in [-0.05, 0) is 38.4 Å². The topological polar surface area (TPSA) is 12.0 Å². The molecule has 0 spiro atoms. The van der Waals surface area contributed by atoms with Crippen molar-refractivity contribution in [3.8, 4) is 12.3 Å². The molecule has 1 aromatic heterocycles. The van der Waals surface area contributed by atoms with Crippen molar-refractivity contribution >= 4 is 11.3 Å². The molecule has 82 valence electrons. The Balaban J connectivity index is 2.33. The van der Waals surface area contributed by atoms with Gasteiger partial charge in [-0.25, -0.2) is 0 Å². The van der Waals surface area contributed by atoms with Crippen molar-refractivity contribution < 1.29 is 0 Å². The van der Waals surface area contributed by atoms with Gasteiger partial charge in [-0.2, -0.15) is 0 Å². The van der Waals surface area contributed by atoms with Crippen LogP contribution in [0, 0.1) is 12.3 Å². The summed E-state index contributed by atoms with van der Waals surface area (Å²) in [6.07, 6.45) is 8.26. The van der Waals surface area contributed by atoms with Crippen molar-refractivity contribution in [1.29, 1.82) is 0 Å². The monoisotopic (exact) mass is 221 g/mol. The molecule has 0 aliphatic carbocycles. The van der Waals surface area contributed by atoms with E-state index in [-0.39, 0.29) is 0 Å². The third kappa shape index (κ3) is 4.07. The Kier molecular flexibility index (Phi) is 5.45. The standard InChI is InChI=1S/C13H19NS/c1-4-6-7-10-14-11(3)13-9-8-12(5-2)15-13/h1,8-9,11,14H,5-7,10H2,2-3H3. The summed E-state index contributed by atoms with van der Waals surface area (Å²) in [7, 11) is 0. The molecular formula is C13H19NS. The highest BCUT2D eigenvalue weighted by Crippen LogP contribution is 2.23. The number of rotatable bonds is 6. The van der Waals surface area contributed by atoms with Crippen LogP contribution in [0.5, 0.6) is 0 Å². The average Bonchev–Trinajstić information content (AvgIpc) is 2.72. The lowest BCUT2D eigenvalue weighted by molar-refractivity contribution is 0.570. The van der Waals surface area contributed by atoms with Gasteiger partial charge in [-0.1, -0.05) is 6.92 Å². The molecule has 0 amide bonds. The molecule has 0 fully saturated rings. The molecule has 0 saturated heterocycles. The highest BCUT2D eigenvalue weighted by Gasteiger charge is 2.06. The van der Waals surface area contributed by atoms with Crippen molar-refractivity contribution in [3.05, 3.63) is 21.9 Å². The molecule has 0 radical (unpaired) electrons. The second kappa shape index (κ2) is 6.66. The number of thiophene rings is 1. The summed E-state index contributed by atoms with van der Waals surface area (Å²) in [5, 5.41) is 3.49. The van der Waals surface area contributed by atoms with Gasteiger partial charge in [0, 0.05) is 22.2 Å². The van der Waals surface area contributed by atoms with Crippen molar-refractivity contribution in [3.63, 3.8) is 0 Å². The maximum atomic E-state index is 5.20. The molecule has 15 heavy (non-hydrogen) atoms. The summed E-state index contributed by atoms with van der Waals surface area (Å²) in [4.78, 5) is 2.88. The largest absolute Gasteiger partial charge is 0.309 e. The fraction of sp³-hybridized carbons (Fsp3) is 0.538. The Morgan fingerprint density at radius 3 is 2.93 bits per heavy atom. The predicted molar refractivity (Wildman–Crippen MR) is 68.2 cm³/mol. The number of hydrogen-bond donors (Lipinski definition) is 1. The van der Waals surface area contributed by atoms with E-state index in [0.717, 1.165) is 25.8 Å². The second-order valence-corrected chi connectivity index (χ2v) is 4.84. The SMILES string of the molecule is C#CCCCNC(C)c1ccc(CC)s1. The molecular weight excluding hydrogens is 202 g/mol. The summed E-state index contributed by atoms with van der Waals surface area (Å²) in [6, 6.07) is 4.90. The van der Waals surface area contributed by atoms with Crippen LogP contribution in [0.3, 0.4) is 0 Å². The number of terminal acetylenes is 1. The highest BCUT2D eigenvalue weighted by atomic mass is 32.1. The molecule has 1 unspecified atom stereocenters. The van der Waals surface area contributed by atoms with E-state index in [2.05, 4.69) is 37.2 Å². The third-order valence-corrected chi connectivity index (χ3v) is 3.82. The molecule has 0 aromatic carbocycles. The van der Waals surface area contributed by atoms with Gasteiger partial charge in [0.25, 0.3) is 0 Å². The van der Waals surface area contributed by atoms with Gasteiger partial charge in [0.1, 0.15) is 0 Å². The summed E-state index contributed by atoms with van der Waals surface area (Å²) < 4.78 is 0. The smallest absolute Gasteiger partial charge is 0.0386 e. The van der Waals surface area contributed by atoms with E-state index in [0.29, 0.717) is 6.04 Å². The molecule has 0 bridgehead atoms. The van der Waals surface area contributed by atoms with Crippen molar-refractivity contribution in [2.45, 2.75) is 39.2 Å². The zero-order valence-corrected chi connectivity index (χ0v) is 10.4. The molecule has 1 rings (SSSR count). The average molecular weight is 221 g/mol. The van der Waals surface area contributed by atoms with E-state index in [9.17, 15) is 0 Å². The molecule has 0 saturated carbocycles. The lowest BCUT2D eigenvalue weighted by Crippen LogP contribution is -2.18. The quantitative estimate of drug-likeness (QED) is 0.573. The summed E-state index contributed by atoms with van der Waals surface area (Å²) in [6.45, 7) is 5.41. The Morgan fingerprint density at radius 2 is 2.33 bits per heavy atom. The molecule has 0 aliphatic rings. The molecule has 2 heteroatoms. The molecule has 1 nitrogen and oxygen atoms in total. The maximum Gasteiger partial charge on any atom is 0.0386 e. The van der Waals surface area contributed by atoms with Crippen LogP contribution in [-0.4, -0.2) is 6.54 Å². The van der Waals surface area contributed by atoms with Crippen molar-refractivity contribution in [2.75, 3.05) is 6.54 Å². The highest BCUT2D eigenvalue weighted by molar-refractivity contribution is 7.12. The van der Waals surface area contributed by atoms with E-state index < -0.39 is 0 Å². The van der Waals surface area contributed by atoms with Crippen LogP contribution in [0.1, 0.15) is 42.5 Å². The number of hydrogen-bond acceptors (Lipinski definition) is 2. The number of unbranched alkanes of at least 4 members (excludes halogenated alkanes) is 1. The van der Waals surface area contributed by atoms with Gasteiger partial charge in [-0.15, -0.1) is 23.7 Å². The third-order valence-electron chi connectivity index (χ3n) is 2.41. The van der Waals surface area contributed by atoms with Gasteiger partial charge in [-0.3, -0.25) is 0 Å². The van der Waals surface area contributed by atoms with E-state index >= 15 is 0 Å². The lowest BCUT2D eigenvalue weighted by Gasteiger charge is -2.10. The lowest BCUT2D eigenvalue weighted by atomic mass is 10.2. The minimum atomic E-state index is 0.452. The van der Waals surface area contributed by atoms with Crippen LogP contribution in [0.25, 0.3) is 0 Å². The zero-order chi connectivity index (χ0) is 11.1. The normalized spacial score (nSPS) is 12.3. The van der Waals surface area contributed by atoms with Crippen LogP contribution >= 0.6 is 11.3 Å². The Labute approximate surface area is 96.9 Å². The maximum absolute atomic E-state index is 5.20. The van der Waals surface area contributed by atoms with Gasteiger partial charge in [0.2, 0.25) is 0 Å². The van der Waals surface area contributed by atoms with Gasteiger partial charge in [0.05, 0.1) is 0 Å². The first-order chi connectivity index (χ1) is 7.27. The summed E-state index contributed by atoms with van der Waals surface area (Å²) in [5.41, 5.74) is 0.